The smallest absolute Gasteiger partial charge is 0.463 e. The summed E-state index contributed by atoms with van der Waals surface area (Å²) in [6, 6.07) is 0. The Bertz CT molecular complexity index is 2670. The molecule has 0 aliphatic carbocycles. The van der Waals surface area contributed by atoms with Crippen LogP contribution in [0.25, 0.3) is 0 Å². The number of carbonyl (C=O) groups is 3. The van der Waals surface area contributed by atoms with Gasteiger partial charge in [-0.1, -0.05) is 306 Å². The lowest BCUT2D eigenvalue weighted by molar-refractivity contribution is -0.161. The molecule has 0 saturated carbocycles. The van der Waals surface area contributed by atoms with Gasteiger partial charge in [0.25, 0.3) is 0 Å². The van der Waals surface area contributed by atoms with Crippen LogP contribution in [0.1, 0.15) is 303 Å². The van der Waals surface area contributed by atoms with Gasteiger partial charge < -0.3 is 34.2 Å². The van der Waals surface area contributed by atoms with E-state index in [9.17, 15) is 43.5 Å². The molecule has 0 spiro atoms. The Labute approximate surface area is 649 Å². The third-order valence-corrected chi connectivity index (χ3v) is 18.5. The predicted molar refractivity (Wildman–Crippen MR) is 445 cm³/mol. The van der Waals surface area contributed by atoms with E-state index in [1.807, 2.05) is 0 Å². The van der Waals surface area contributed by atoms with Crippen molar-refractivity contribution in [2.45, 2.75) is 322 Å². The fraction of sp³-hybridized carbons (Fsp3) is 0.629. The van der Waals surface area contributed by atoms with Crippen molar-refractivity contribution in [2.75, 3.05) is 39.6 Å². The normalized spacial score (nSPS) is 14.9. The predicted octanol–water partition coefficient (Wildman–Crippen LogP) is 24.5. The first-order valence-corrected chi connectivity index (χ1v) is 44.1. The van der Waals surface area contributed by atoms with Crippen LogP contribution < -0.4 is 0 Å². The number of phosphoric acid groups is 2. The van der Waals surface area contributed by atoms with E-state index >= 15 is 0 Å². The fourth-order valence-electron chi connectivity index (χ4n) is 10.4. The number of aliphatic hydroxyl groups excluding tert-OH is 2. The van der Waals surface area contributed by atoms with E-state index in [4.69, 9.17) is 32.3 Å². The Morgan fingerprint density at radius 3 is 0.785 bits per heavy atom. The molecular weight excluding hydrogens is 1390 g/mol. The first-order chi connectivity index (χ1) is 52.2. The van der Waals surface area contributed by atoms with E-state index in [0.717, 1.165) is 173 Å². The minimum Gasteiger partial charge on any atom is -0.463 e. The maximum Gasteiger partial charge on any atom is 0.472 e. The molecule has 0 heterocycles. The molecule has 5 unspecified atom stereocenters. The van der Waals surface area contributed by atoms with E-state index in [1.165, 1.54) is 70.6 Å². The molecule has 5 atom stereocenters. The molecule has 0 radical (unpaired) electrons. The van der Waals surface area contributed by atoms with E-state index in [0.29, 0.717) is 19.3 Å². The molecule has 4 N–H and O–H groups in total. The summed E-state index contributed by atoms with van der Waals surface area (Å²) in [5.74, 6) is -1.64. The molecule has 0 saturated heterocycles. The van der Waals surface area contributed by atoms with Gasteiger partial charge in [0.15, 0.2) is 6.10 Å². The minimum absolute atomic E-state index is 0.0685. The van der Waals surface area contributed by atoms with Crippen LogP contribution in [0.4, 0.5) is 0 Å². The van der Waals surface area contributed by atoms with Crippen LogP contribution in [0.3, 0.4) is 0 Å². The second-order valence-electron chi connectivity index (χ2n) is 26.8. The van der Waals surface area contributed by atoms with Crippen molar-refractivity contribution >= 4 is 33.6 Å². The Morgan fingerprint density at radius 1 is 0.271 bits per heavy atom. The second kappa shape index (κ2) is 80.2. The van der Waals surface area contributed by atoms with Crippen LogP contribution in [-0.2, 0) is 55.8 Å². The number of carbonyl (C=O) groups excluding carboxylic acids is 3. The van der Waals surface area contributed by atoms with E-state index in [-0.39, 0.29) is 19.3 Å². The molecule has 0 rings (SSSR count). The van der Waals surface area contributed by atoms with E-state index in [1.54, 1.807) is 0 Å². The standard InChI is InChI=1S/C89H146O16P2/c1-4-7-10-13-16-19-22-25-28-31-34-37-39-40-41-42-44-47-48-51-54-57-60-63-66-69-72-75-87(92)99-78-84(90)79-101-106(95,96)102-80-85(91)81-103-107(97,98)104-83-86(105-89(94)77-74-71-68-65-62-59-56-53-50-45-36-33-30-27-24-21-18-15-12-9-6-3)82-100-88(93)76-73-70-67-64-61-58-55-52-49-46-43-38-35-32-29-26-23-20-17-14-11-8-5-2/h8-9,11-12,16-21,25-30,34-38,40-41,45-46,49,53,55-56,58,84-86,90-91H,4-7,10,13-15,22-24,31-33,39,42-44,47-48,50-52,54,57,59-83H2,1-3H3,(H,95,96)(H,97,98)/b11-8-,12-9-,19-16-,20-17-,21-18-,28-25-,29-26-,30-27-,37-34-,38-35-,41-40-,45-36-,49-46-,56-53-,58-55-. The highest BCUT2D eigenvalue weighted by Crippen LogP contribution is 2.45. The van der Waals surface area contributed by atoms with Crippen molar-refractivity contribution in [2.24, 2.45) is 0 Å². The summed E-state index contributed by atoms with van der Waals surface area (Å²) in [6.45, 7) is 2.36. The summed E-state index contributed by atoms with van der Waals surface area (Å²) in [5.41, 5.74) is 0. The number of esters is 3. The lowest BCUT2D eigenvalue weighted by atomic mass is 10.0. The highest BCUT2D eigenvalue weighted by atomic mass is 31.2. The highest BCUT2D eigenvalue weighted by molar-refractivity contribution is 7.47. The van der Waals surface area contributed by atoms with Crippen LogP contribution >= 0.6 is 15.6 Å². The number of allylic oxidation sites excluding steroid dienone is 30. The summed E-state index contributed by atoms with van der Waals surface area (Å²) in [7, 11) is -9.83. The molecular formula is C89H146O16P2. The van der Waals surface area contributed by atoms with Crippen molar-refractivity contribution in [1.82, 2.24) is 0 Å². The van der Waals surface area contributed by atoms with Gasteiger partial charge in [0, 0.05) is 19.3 Å². The summed E-state index contributed by atoms with van der Waals surface area (Å²) in [6.07, 6.45) is 104. The average Bonchev–Trinajstić information content (AvgIpc) is 0.906. The van der Waals surface area contributed by atoms with Crippen molar-refractivity contribution in [3.8, 4) is 0 Å². The zero-order valence-electron chi connectivity index (χ0n) is 66.5. The maximum atomic E-state index is 13.0. The van der Waals surface area contributed by atoms with Crippen LogP contribution in [0.2, 0.25) is 0 Å². The molecule has 16 nitrogen and oxygen atoms in total. The molecule has 0 fully saturated rings. The lowest BCUT2D eigenvalue weighted by Crippen LogP contribution is -2.30. The van der Waals surface area contributed by atoms with Gasteiger partial charge >= 0.3 is 33.6 Å². The average molecular weight is 1530 g/mol. The van der Waals surface area contributed by atoms with Gasteiger partial charge in [-0.05, 0) is 161 Å². The third-order valence-electron chi connectivity index (χ3n) is 16.6. The number of rotatable bonds is 76. The molecule has 0 amide bonds. The van der Waals surface area contributed by atoms with Gasteiger partial charge in [-0.3, -0.25) is 32.5 Å². The number of hydrogen-bond acceptors (Lipinski definition) is 14. The van der Waals surface area contributed by atoms with E-state index < -0.39 is 91.5 Å². The van der Waals surface area contributed by atoms with Gasteiger partial charge in [-0.15, -0.1) is 0 Å². The first-order valence-electron chi connectivity index (χ1n) is 41.1. The number of ether oxygens (including phenoxy) is 3. The van der Waals surface area contributed by atoms with Crippen molar-refractivity contribution in [1.29, 1.82) is 0 Å². The monoisotopic (exact) mass is 1530 g/mol. The summed E-state index contributed by atoms with van der Waals surface area (Å²) < 4.78 is 61.2. The van der Waals surface area contributed by atoms with Gasteiger partial charge in [-0.2, -0.15) is 0 Å². The molecule has 0 aliphatic heterocycles. The molecule has 0 bridgehead atoms. The maximum absolute atomic E-state index is 13.0. The number of phosphoric ester groups is 2. The summed E-state index contributed by atoms with van der Waals surface area (Å²) >= 11 is 0. The SMILES string of the molecule is CC/C=C\C/C=C\C/C=C\C/C=C\C/C=C\C/C=C\CCCCCCC(=O)OCC(COP(=O)(O)OCC(O)COP(=O)(O)OCC(O)COC(=O)CCCCCCCCCCCCC/C=C\C/C=C\C/C=C\C/C=C\CCCCC)OC(=O)CCCCCCC/C=C\C/C=C\C/C=C\C/C=C\C/C=C\CC. The van der Waals surface area contributed by atoms with Crippen LogP contribution in [-0.4, -0.2) is 95.9 Å². The highest BCUT2D eigenvalue weighted by Gasteiger charge is 2.29. The summed E-state index contributed by atoms with van der Waals surface area (Å²) in [4.78, 5) is 58.8. The van der Waals surface area contributed by atoms with Crippen LogP contribution in [0.15, 0.2) is 182 Å². The molecule has 0 aromatic heterocycles. The largest absolute Gasteiger partial charge is 0.472 e. The third kappa shape index (κ3) is 81.5. The number of aliphatic hydroxyl groups is 2. The minimum atomic E-state index is -4.96. The Morgan fingerprint density at radius 2 is 0.495 bits per heavy atom. The van der Waals surface area contributed by atoms with Crippen LogP contribution in [0.5, 0.6) is 0 Å². The lowest BCUT2D eigenvalue weighted by Gasteiger charge is -2.21. The zero-order chi connectivity index (χ0) is 78.0. The second-order valence-corrected chi connectivity index (χ2v) is 29.7. The molecule has 608 valence electrons. The molecule has 18 heteroatoms. The van der Waals surface area contributed by atoms with Gasteiger partial charge in [0.1, 0.15) is 25.4 Å². The van der Waals surface area contributed by atoms with Gasteiger partial charge in [-0.25, -0.2) is 9.13 Å². The number of unbranched alkanes of at least 4 members (excludes halogenated alkanes) is 23. The first kappa shape index (κ1) is 102. The fourth-order valence-corrected chi connectivity index (χ4v) is 12.0. The van der Waals surface area contributed by atoms with E-state index in [2.05, 4.69) is 203 Å². The van der Waals surface area contributed by atoms with Crippen molar-refractivity contribution in [3.05, 3.63) is 182 Å². The topological polar surface area (TPSA) is 231 Å². The molecule has 0 aromatic rings. The van der Waals surface area contributed by atoms with Crippen LogP contribution in [0, 0.1) is 0 Å². The Balaban J connectivity index is 4.71. The number of hydrogen-bond donors (Lipinski definition) is 4. The summed E-state index contributed by atoms with van der Waals surface area (Å²) in [5, 5.41) is 20.7. The molecule has 0 aromatic carbocycles. The Hall–Kier alpha value is -5.35. The van der Waals surface area contributed by atoms with Gasteiger partial charge in [0.2, 0.25) is 0 Å². The van der Waals surface area contributed by atoms with Crippen molar-refractivity contribution in [3.63, 3.8) is 0 Å². The Kier molecular flexibility index (Phi) is 76.2. The van der Waals surface area contributed by atoms with Crippen molar-refractivity contribution < 1.29 is 75.8 Å². The zero-order valence-corrected chi connectivity index (χ0v) is 68.3. The molecule has 107 heavy (non-hydrogen) atoms. The molecule has 0 aliphatic rings. The van der Waals surface area contributed by atoms with Gasteiger partial charge in [0.05, 0.1) is 26.4 Å². The quantitative estimate of drug-likeness (QED) is 0.0146.